The van der Waals surface area contributed by atoms with E-state index in [0.717, 1.165) is 5.57 Å². The fourth-order valence-electron chi connectivity index (χ4n) is 2.85. The lowest BCUT2D eigenvalue weighted by atomic mass is 10.1. The molecule has 1 fully saturated rings. The molecule has 0 aromatic rings. The molecule has 0 aromatic heterocycles. The zero-order chi connectivity index (χ0) is 18.6. The van der Waals surface area contributed by atoms with Crippen LogP contribution in [0.1, 0.15) is 34.6 Å². The van der Waals surface area contributed by atoms with Crippen molar-refractivity contribution in [3.05, 3.63) is 11.6 Å². The van der Waals surface area contributed by atoms with Crippen LogP contribution in [-0.2, 0) is 24.0 Å². The molecule has 0 spiro atoms. The minimum atomic E-state index is -4.09. The van der Waals surface area contributed by atoms with E-state index in [1.54, 1.807) is 0 Å². The molecular weight excluding hydrogens is 348 g/mol. The minimum Gasteiger partial charge on any atom is -0.413 e. The van der Waals surface area contributed by atoms with E-state index < -0.39 is 36.2 Å². The van der Waals surface area contributed by atoms with E-state index in [1.165, 1.54) is 0 Å². The molecule has 0 unspecified atom stereocenters. The van der Waals surface area contributed by atoms with E-state index in [1.807, 2.05) is 19.9 Å². The molecule has 6 nitrogen and oxygen atoms in total. The van der Waals surface area contributed by atoms with E-state index in [4.69, 9.17) is 13.9 Å². The standard InChI is InChI=1S/C16H30O6SSi/c1-15(2,3)24(6,7)20-9-11-8-12(10-23(17,18)19)14-13(11)21-16(4,5)22-14/h8,12-14H,9-10H2,1-7H3,(H,17,18,19)/t12-,13-,14-/m1/s1. The summed E-state index contributed by atoms with van der Waals surface area (Å²) < 4.78 is 49.9. The van der Waals surface area contributed by atoms with Crippen LogP contribution in [0.5, 0.6) is 0 Å². The van der Waals surface area contributed by atoms with Gasteiger partial charge in [-0.3, -0.25) is 4.55 Å². The van der Waals surface area contributed by atoms with Gasteiger partial charge in [-0.2, -0.15) is 8.42 Å². The summed E-state index contributed by atoms with van der Waals surface area (Å²) in [7, 11) is -6.01. The van der Waals surface area contributed by atoms with Crippen molar-refractivity contribution < 1.29 is 26.9 Å². The van der Waals surface area contributed by atoms with Gasteiger partial charge in [-0.1, -0.05) is 26.8 Å². The van der Waals surface area contributed by atoms with Crippen molar-refractivity contribution in [3.8, 4) is 0 Å². The Morgan fingerprint density at radius 2 is 1.88 bits per heavy atom. The quantitative estimate of drug-likeness (QED) is 0.450. The van der Waals surface area contributed by atoms with Crippen molar-refractivity contribution in [1.82, 2.24) is 0 Å². The SMILES string of the molecule is CC1(C)O[C@@H]2[C@@H](CS(=O)(=O)O)C=C(CO[Si](C)(C)C(C)(C)C)[C@H]2O1. The third-order valence-corrected chi connectivity index (χ3v) is 10.4. The molecule has 3 atom stereocenters. The van der Waals surface area contributed by atoms with Gasteiger partial charge in [-0.25, -0.2) is 0 Å². The molecule has 2 rings (SSSR count). The molecule has 0 radical (unpaired) electrons. The summed E-state index contributed by atoms with van der Waals surface area (Å²) in [5, 5.41) is 0.0890. The average molecular weight is 379 g/mol. The van der Waals surface area contributed by atoms with Gasteiger partial charge in [0.2, 0.25) is 0 Å². The molecule has 24 heavy (non-hydrogen) atoms. The number of fused-ring (bicyclic) bond motifs is 1. The van der Waals surface area contributed by atoms with E-state index in [2.05, 4.69) is 33.9 Å². The molecule has 8 heteroatoms. The first kappa shape index (κ1) is 20.1. The Labute approximate surface area is 146 Å². The van der Waals surface area contributed by atoms with Crippen LogP contribution in [0.15, 0.2) is 11.6 Å². The van der Waals surface area contributed by atoms with Gasteiger partial charge in [0.1, 0.15) is 6.10 Å². The Morgan fingerprint density at radius 1 is 1.29 bits per heavy atom. The van der Waals surface area contributed by atoms with Gasteiger partial charge in [-0.15, -0.1) is 0 Å². The van der Waals surface area contributed by atoms with Crippen molar-refractivity contribution in [3.63, 3.8) is 0 Å². The van der Waals surface area contributed by atoms with E-state index in [-0.39, 0.29) is 16.9 Å². The topological polar surface area (TPSA) is 82.1 Å². The van der Waals surface area contributed by atoms with Crippen LogP contribution in [-0.4, -0.2) is 51.6 Å². The molecule has 140 valence electrons. The van der Waals surface area contributed by atoms with Crippen LogP contribution in [0.25, 0.3) is 0 Å². The largest absolute Gasteiger partial charge is 0.413 e. The second-order valence-corrected chi connectivity index (χ2v) is 15.0. The first-order chi connectivity index (χ1) is 10.6. The van der Waals surface area contributed by atoms with E-state index in [9.17, 15) is 13.0 Å². The Morgan fingerprint density at radius 3 is 2.38 bits per heavy atom. The lowest BCUT2D eigenvalue weighted by Crippen LogP contribution is -2.41. The predicted molar refractivity (Wildman–Crippen MR) is 95.0 cm³/mol. The van der Waals surface area contributed by atoms with Crippen molar-refractivity contribution in [2.75, 3.05) is 12.4 Å². The van der Waals surface area contributed by atoms with Gasteiger partial charge < -0.3 is 13.9 Å². The average Bonchev–Trinajstić information content (AvgIpc) is 2.79. The second kappa shape index (κ2) is 6.17. The Hall–Kier alpha value is -0.253. The van der Waals surface area contributed by atoms with Gasteiger partial charge in [0.05, 0.1) is 18.5 Å². The molecular formula is C16H30O6SSi. The molecule has 1 N–H and O–H groups in total. The maximum absolute atomic E-state index is 11.3. The van der Waals surface area contributed by atoms with Crippen LogP contribution in [0, 0.1) is 5.92 Å². The normalized spacial score (nSPS) is 30.3. The monoisotopic (exact) mass is 378 g/mol. The fraction of sp³-hybridized carbons (Fsp3) is 0.875. The zero-order valence-electron chi connectivity index (χ0n) is 15.6. The zero-order valence-corrected chi connectivity index (χ0v) is 17.4. The summed E-state index contributed by atoms with van der Waals surface area (Å²) in [6.45, 7) is 14.9. The lowest BCUT2D eigenvalue weighted by Gasteiger charge is -2.36. The Kier molecular flexibility index (Phi) is 5.16. The van der Waals surface area contributed by atoms with Crippen LogP contribution >= 0.6 is 0 Å². The molecule has 0 amide bonds. The van der Waals surface area contributed by atoms with Gasteiger partial charge in [0.15, 0.2) is 14.1 Å². The molecule has 0 saturated carbocycles. The lowest BCUT2D eigenvalue weighted by molar-refractivity contribution is -0.148. The molecule has 1 saturated heterocycles. The Bertz CT molecular complexity index is 617. The number of hydrogen-bond donors (Lipinski definition) is 1. The smallest absolute Gasteiger partial charge is 0.265 e. The first-order valence-electron chi connectivity index (χ1n) is 8.27. The maximum atomic E-state index is 11.3. The van der Waals surface area contributed by atoms with Crippen molar-refractivity contribution in [2.45, 2.75) is 70.7 Å². The fourth-order valence-corrected chi connectivity index (χ4v) is 4.58. The molecule has 1 aliphatic carbocycles. The minimum absolute atomic E-state index is 0.0890. The highest BCUT2D eigenvalue weighted by molar-refractivity contribution is 7.85. The molecule has 1 heterocycles. The van der Waals surface area contributed by atoms with Gasteiger partial charge in [0.25, 0.3) is 10.1 Å². The second-order valence-electron chi connectivity index (χ2n) is 8.72. The maximum Gasteiger partial charge on any atom is 0.265 e. The van der Waals surface area contributed by atoms with Crippen LogP contribution < -0.4 is 0 Å². The van der Waals surface area contributed by atoms with Crippen LogP contribution in [0.2, 0.25) is 18.1 Å². The van der Waals surface area contributed by atoms with Crippen molar-refractivity contribution in [2.24, 2.45) is 5.92 Å². The van der Waals surface area contributed by atoms with E-state index in [0.29, 0.717) is 6.61 Å². The predicted octanol–water partition coefficient (Wildman–Crippen LogP) is 2.97. The molecule has 0 bridgehead atoms. The van der Waals surface area contributed by atoms with Crippen molar-refractivity contribution >= 4 is 18.4 Å². The number of ether oxygens (including phenoxy) is 2. The summed E-state index contributed by atoms with van der Waals surface area (Å²) in [5.74, 6) is -1.56. The highest BCUT2D eigenvalue weighted by Gasteiger charge is 2.51. The highest BCUT2D eigenvalue weighted by Crippen LogP contribution is 2.43. The highest BCUT2D eigenvalue weighted by atomic mass is 32.2. The van der Waals surface area contributed by atoms with Gasteiger partial charge in [0, 0.05) is 5.92 Å². The first-order valence-corrected chi connectivity index (χ1v) is 12.8. The molecule has 0 aromatic carbocycles. The third kappa shape index (κ3) is 4.47. The van der Waals surface area contributed by atoms with Crippen LogP contribution in [0.4, 0.5) is 0 Å². The van der Waals surface area contributed by atoms with Crippen LogP contribution in [0.3, 0.4) is 0 Å². The summed E-state index contributed by atoms with van der Waals surface area (Å²) in [4.78, 5) is 0. The number of hydrogen-bond acceptors (Lipinski definition) is 5. The molecule has 1 aliphatic heterocycles. The summed E-state index contributed by atoms with van der Waals surface area (Å²) >= 11 is 0. The van der Waals surface area contributed by atoms with Crippen molar-refractivity contribution in [1.29, 1.82) is 0 Å². The third-order valence-electron chi connectivity index (χ3n) is 5.15. The summed E-state index contributed by atoms with van der Waals surface area (Å²) in [6.07, 6.45) is 1.11. The Balaban J connectivity index is 2.17. The summed E-state index contributed by atoms with van der Waals surface area (Å²) in [6, 6.07) is 0. The molecule has 2 aliphatic rings. The van der Waals surface area contributed by atoms with Gasteiger partial charge in [-0.05, 0) is 37.6 Å². The summed E-state index contributed by atoms with van der Waals surface area (Å²) in [5.41, 5.74) is 0.907. The van der Waals surface area contributed by atoms with Gasteiger partial charge >= 0.3 is 0 Å². The number of rotatable bonds is 5. The van der Waals surface area contributed by atoms with E-state index >= 15 is 0 Å².